The maximum atomic E-state index is 11.1. The van der Waals surface area contributed by atoms with Gasteiger partial charge in [0.15, 0.2) is 0 Å². The summed E-state index contributed by atoms with van der Waals surface area (Å²) in [7, 11) is 0. The molecule has 20 heavy (non-hydrogen) atoms. The summed E-state index contributed by atoms with van der Waals surface area (Å²) in [5.41, 5.74) is 7.48. The fourth-order valence-corrected chi connectivity index (χ4v) is 2.08. The summed E-state index contributed by atoms with van der Waals surface area (Å²) in [6, 6.07) is 2.11. The van der Waals surface area contributed by atoms with Crippen molar-refractivity contribution in [1.29, 1.82) is 0 Å². The lowest BCUT2D eigenvalue weighted by Crippen LogP contribution is -2.34. The minimum atomic E-state index is -0.337. The van der Waals surface area contributed by atoms with Crippen molar-refractivity contribution in [1.82, 2.24) is 10.3 Å². The molecule has 0 aromatic carbocycles. The monoisotopic (exact) mass is 278 g/mol. The Balaban J connectivity index is 2.73. The molecule has 0 atom stereocenters. The Kier molecular flexibility index (Phi) is 6.45. The number of aryl methyl sites for hydroxylation is 1. The Bertz CT molecular complexity index is 445. The Morgan fingerprint density at radius 3 is 2.70 bits per heavy atom. The van der Waals surface area contributed by atoms with Gasteiger partial charge in [0.2, 0.25) is 5.91 Å². The van der Waals surface area contributed by atoms with E-state index in [1.54, 1.807) is 0 Å². The number of nitrogens with one attached hydrogen (secondary N) is 1. The topological polar surface area (TPSA) is 71.2 Å². The van der Waals surface area contributed by atoms with E-state index >= 15 is 0 Å². The van der Waals surface area contributed by atoms with Crippen LogP contribution >= 0.6 is 0 Å². The number of rotatable bonds is 8. The molecule has 0 aliphatic carbocycles. The lowest BCUT2D eigenvalue weighted by Gasteiger charge is -2.22. The highest BCUT2D eigenvalue weighted by molar-refractivity contribution is 5.79. The van der Waals surface area contributed by atoms with Gasteiger partial charge in [-0.3, -0.25) is 4.79 Å². The number of amides is 1. The molecule has 1 aromatic heterocycles. The molecule has 0 fully saturated rings. The van der Waals surface area contributed by atoms with Crippen LogP contribution in [0.15, 0.2) is 12.3 Å². The molecule has 0 aliphatic rings. The Labute approximate surface area is 121 Å². The zero-order chi connectivity index (χ0) is 15.1. The van der Waals surface area contributed by atoms with Crippen LogP contribution in [0.2, 0.25) is 0 Å². The van der Waals surface area contributed by atoms with E-state index in [0.29, 0.717) is 12.5 Å². The van der Waals surface area contributed by atoms with Crippen LogP contribution in [-0.4, -0.2) is 30.5 Å². The van der Waals surface area contributed by atoms with Crippen molar-refractivity contribution in [3.63, 3.8) is 0 Å². The SMILES string of the molecule is CCN(CC(N)=O)c1ncc(CNCC(C)C)cc1C. The fourth-order valence-electron chi connectivity index (χ4n) is 2.08. The van der Waals surface area contributed by atoms with Gasteiger partial charge in [-0.2, -0.15) is 0 Å². The number of likely N-dealkylation sites (N-methyl/N-ethyl adjacent to an activating group) is 1. The second-order valence-corrected chi connectivity index (χ2v) is 5.49. The van der Waals surface area contributed by atoms with Crippen molar-refractivity contribution in [2.45, 2.75) is 34.2 Å². The highest BCUT2D eigenvalue weighted by Gasteiger charge is 2.11. The lowest BCUT2D eigenvalue weighted by molar-refractivity contribution is -0.116. The van der Waals surface area contributed by atoms with E-state index in [4.69, 9.17) is 5.73 Å². The number of carbonyl (C=O) groups excluding carboxylic acids is 1. The van der Waals surface area contributed by atoms with Crippen molar-refractivity contribution in [2.75, 3.05) is 24.5 Å². The molecular formula is C15H26N4O. The summed E-state index contributed by atoms with van der Waals surface area (Å²) in [4.78, 5) is 17.4. The molecule has 0 radical (unpaired) electrons. The third kappa shape index (κ3) is 5.17. The summed E-state index contributed by atoms with van der Waals surface area (Å²) in [6.45, 7) is 11.1. The number of hydrogen-bond acceptors (Lipinski definition) is 4. The molecule has 5 nitrogen and oxygen atoms in total. The summed E-state index contributed by atoms with van der Waals surface area (Å²) in [5, 5.41) is 3.40. The molecule has 3 N–H and O–H groups in total. The van der Waals surface area contributed by atoms with Gasteiger partial charge in [-0.1, -0.05) is 13.8 Å². The molecule has 0 spiro atoms. The highest BCUT2D eigenvalue weighted by atomic mass is 16.1. The Morgan fingerprint density at radius 2 is 2.20 bits per heavy atom. The zero-order valence-electron chi connectivity index (χ0n) is 12.9. The molecule has 1 aromatic rings. The fraction of sp³-hybridized carbons (Fsp3) is 0.600. The first-order valence-corrected chi connectivity index (χ1v) is 7.13. The molecule has 0 unspecified atom stereocenters. The van der Waals surface area contributed by atoms with E-state index in [-0.39, 0.29) is 12.5 Å². The van der Waals surface area contributed by atoms with Crippen molar-refractivity contribution in [2.24, 2.45) is 11.7 Å². The van der Waals surface area contributed by atoms with Gasteiger partial charge in [0.1, 0.15) is 5.82 Å². The van der Waals surface area contributed by atoms with Gasteiger partial charge >= 0.3 is 0 Å². The third-order valence-electron chi connectivity index (χ3n) is 3.02. The van der Waals surface area contributed by atoms with Gasteiger partial charge in [0, 0.05) is 19.3 Å². The van der Waals surface area contributed by atoms with Gasteiger partial charge < -0.3 is 16.0 Å². The van der Waals surface area contributed by atoms with Crippen LogP contribution in [0.4, 0.5) is 5.82 Å². The summed E-state index contributed by atoms with van der Waals surface area (Å²) in [5.74, 6) is 1.13. The normalized spacial score (nSPS) is 10.8. The van der Waals surface area contributed by atoms with Crippen LogP contribution in [-0.2, 0) is 11.3 Å². The second kappa shape index (κ2) is 7.85. The van der Waals surface area contributed by atoms with E-state index in [2.05, 4.69) is 30.2 Å². The second-order valence-electron chi connectivity index (χ2n) is 5.49. The van der Waals surface area contributed by atoms with Crippen LogP contribution < -0.4 is 16.0 Å². The first-order valence-electron chi connectivity index (χ1n) is 7.13. The summed E-state index contributed by atoms with van der Waals surface area (Å²) < 4.78 is 0. The molecular weight excluding hydrogens is 252 g/mol. The largest absolute Gasteiger partial charge is 0.368 e. The zero-order valence-corrected chi connectivity index (χ0v) is 12.9. The average Bonchev–Trinajstić information content (AvgIpc) is 2.36. The van der Waals surface area contributed by atoms with E-state index in [1.807, 2.05) is 24.9 Å². The molecule has 0 saturated carbocycles. The van der Waals surface area contributed by atoms with Crippen molar-refractivity contribution in [3.05, 3.63) is 23.4 Å². The number of nitrogens with two attached hydrogens (primary N) is 1. The Hall–Kier alpha value is -1.62. The first-order chi connectivity index (χ1) is 9.43. The number of primary amides is 1. The predicted octanol–water partition coefficient (Wildman–Crippen LogP) is 1.45. The first kappa shape index (κ1) is 16.4. The predicted molar refractivity (Wildman–Crippen MR) is 82.6 cm³/mol. The highest BCUT2D eigenvalue weighted by Crippen LogP contribution is 2.17. The molecule has 1 heterocycles. The van der Waals surface area contributed by atoms with Gasteiger partial charge in [-0.15, -0.1) is 0 Å². The molecule has 0 saturated heterocycles. The number of hydrogen-bond donors (Lipinski definition) is 2. The molecule has 1 rings (SSSR count). The van der Waals surface area contributed by atoms with E-state index in [9.17, 15) is 4.79 Å². The minimum Gasteiger partial charge on any atom is -0.368 e. The molecule has 1 amide bonds. The van der Waals surface area contributed by atoms with E-state index in [0.717, 1.165) is 30.0 Å². The van der Waals surface area contributed by atoms with Crippen molar-refractivity contribution in [3.8, 4) is 0 Å². The number of carbonyl (C=O) groups is 1. The quantitative estimate of drug-likeness (QED) is 0.755. The van der Waals surface area contributed by atoms with E-state index in [1.165, 1.54) is 0 Å². The summed E-state index contributed by atoms with van der Waals surface area (Å²) >= 11 is 0. The number of anilines is 1. The number of nitrogens with zero attached hydrogens (tertiary/aromatic N) is 2. The van der Waals surface area contributed by atoms with Gasteiger partial charge in [0.05, 0.1) is 6.54 Å². The number of pyridine rings is 1. The van der Waals surface area contributed by atoms with Gasteiger partial charge in [-0.25, -0.2) is 4.98 Å². The van der Waals surface area contributed by atoms with Gasteiger partial charge in [0.25, 0.3) is 0 Å². The van der Waals surface area contributed by atoms with Crippen LogP contribution in [0.25, 0.3) is 0 Å². The average molecular weight is 278 g/mol. The smallest absolute Gasteiger partial charge is 0.236 e. The standard InChI is InChI=1S/C15H26N4O/c1-5-19(10-14(16)20)15-12(4)6-13(9-18-15)8-17-7-11(2)3/h6,9,11,17H,5,7-8,10H2,1-4H3,(H2,16,20). The van der Waals surface area contributed by atoms with Crippen LogP contribution in [0.1, 0.15) is 31.9 Å². The maximum absolute atomic E-state index is 11.1. The van der Waals surface area contributed by atoms with Crippen LogP contribution in [0, 0.1) is 12.8 Å². The van der Waals surface area contributed by atoms with Crippen molar-refractivity contribution < 1.29 is 4.79 Å². The minimum absolute atomic E-state index is 0.204. The molecule has 0 bridgehead atoms. The number of aromatic nitrogens is 1. The molecule has 5 heteroatoms. The molecule has 112 valence electrons. The Morgan fingerprint density at radius 1 is 1.50 bits per heavy atom. The van der Waals surface area contributed by atoms with E-state index < -0.39 is 0 Å². The van der Waals surface area contributed by atoms with Crippen LogP contribution in [0.3, 0.4) is 0 Å². The summed E-state index contributed by atoms with van der Waals surface area (Å²) in [6.07, 6.45) is 1.86. The lowest BCUT2D eigenvalue weighted by atomic mass is 10.1. The van der Waals surface area contributed by atoms with Crippen molar-refractivity contribution >= 4 is 11.7 Å². The molecule has 0 aliphatic heterocycles. The maximum Gasteiger partial charge on any atom is 0.236 e. The van der Waals surface area contributed by atoms with Crippen LogP contribution in [0.5, 0.6) is 0 Å². The van der Waals surface area contributed by atoms with Gasteiger partial charge in [-0.05, 0) is 43.5 Å². The third-order valence-corrected chi connectivity index (χ3v) is 3.02.